The third-order valence-corrected chi connectivity index (χ3v) is 8.75. The van der Waals surface area contributed by atoms with E-state index in [-0.39, 0.29) is 0 Å². The molecular weight excluding hydrogens is 501 g/mol. The molecular formula is C24H30N6S4+2. The Kier molecular flexibility index (Phi) is 9.85. The Morgan fingerprint density at radius 2 is 1.09 bits per heavy atom. The first-order valence-corrected chi connectivity index (χ1v) is 15.0. The fraction of sp³-hybridized carbons (Fsp3) is 0.417. The van der Waals surface area contributed by atoms with Crippen molar-refractivity contribution in [2.24, 2.45) is 14.1 Å². The maximum absolute atomic E-state index is 4.51. The summed E-state index contributed by atoms with van der Waals surface area (Å²) >= 11 is 6.28. The predicted molar refractivity (Wildman–Crippen MR) is 142 cm³/mol. The van der Waals surface area contributed by atoms with E-state index in [1.807, 2.05) is 50.0 Å². The SMILES string of the molecule is C[n+]1cccc(-c2nsnc2SCCCCCCCCSc2nsnc2-c2ccc[n+](C)c2)c1. The first-order chi connectivity index (χ1) is 16.7. The van der Waals surface area contributed by atoms with Crippen molar-refractivity contribution >= 4 is 47.0 Å². The summed E-state index contributed by atoms with van der Waals surface area (Å²) in [4.78, 5) is 0. The lowest BCUT2D eigenvalue weighted by Crippen LogP contribution is -2.26. The molecule has 4 heterocycles. The zero-order valence-corrected chi connectivity index (χ0v) is 22.9. The van der Waals surface area contributed by atoms with Gasteiger partial charge in [-0.05, 0) is 36.5 Å². The number of pyridine rings is 2. The van der Waals surface area contributed by atoms with Gasteiger partial charge in [0.25, 0.3) is 0 Å². The van der Waals surface area contributed by atoms with E-state index in [4.69, 9.17) is 0 Å². The maximum atomic E-state index is 4.51. The van der Waals surface area contributed by atoms with E-state index in [9.17, 15) is 0 Å². The van der Waals surface area contributed by atoms with Gasteiger partial charge in [0.2, 0.25) is 0 Å². The molecule has 0 unspecified atom stereocenters. The number of nitrogens with zero attached hydrogens (tertiary/aromatic N) is 6. The van der Waals surface area contributed by atoms with E-state index in [1.165, 1.54) is 62.0 Å². The third-order valence-electron chi connectivity index (χ3n) is 5.36. The quantitative estimate of drug-likeness (QED) is 0.127. The zero-order chi connectivity index (χ0) is 23.6. The van der Waals surface area contributed by atoms with Crippen molar-refractivity contribution in [2.75, 3.05) is 11.5 Å². The van der Waals surface area contributed by atoms with Crippen LogP contribution in [-0.4, -0.2) is 29.0 Å². The third kappa shape index (κ3) is 7.31. The summed E-state index contributed by atoms with van der Waals surface area (Å²) in [5.74, 6) is 2.20. The van der Waals surface area contributed by atoms with Gasteiger partial charge in [-0.3, -0.25) is 0 Å². The molecule has 4 rings (SSSR count). The highest BCUT2D eigenvalue weighted by Gasteiger charge is 2.14. The molecule has 0 aromatic carbocycles. The van der Waals surface area contributed by atoms with Crippen molar-refractivity contribution in [1.29, 1.82) is 0 Å². The van der Waals surface area contributed by atoms with Crippen molar-refractivity contribution < 1.29 is 9.13 Å². The number of hydrogen-bond donors (Lipinski definition) is 0. The summed E-state index contributed by atoms with van der Waals surface area (Å²) in [7, 11) is 4.07. The van der Waals surface area contributed by atoms with Crippen LogP contribution in [0.25, 0.3) is 22.5 Å². The highest BCUT2D eigenvalue weighted by atomic mass is 32.2. The molecule has 0 N–H and O–H groups in total. The molecule has 0 saturated heterocycles. The van der Waals surface area contributed by atoms with Gasteiger partial charge in [0.1, 0.15) is 35.5 Å². The van der Waals surface area contributed by atoms with E-state index in [1.54, 1.807) is 0 Å². The molecule has 0 amide bonds. The first-order valence-electron chi connectivity index (χ1n) is 11.5. The molecule has 0 fully saturated rings. The Hall–Kier alpha value is -1.88. The number of thioether (sulfide) groups is 2. The fourth-order valence-corrected chi connectivity index (χ4v) is 6.98. The lowest BCUT2D eigenvalue weighted by molar-refractivity contribution is -0.671. The predicted octanol–water partition coefficient (Wildman–Crippen LogP) is 5.60. The van der Waals surface area contributed by atoms with E-state index in [0.717, 1.165) is 44.1 Å². The second kappa shape index (κ2) is 13.3. The van der Waals surface area contributed by atoms with Crippen molar-refractivity contribution in [1.82, 2.24) is 17.5 Å². The van der Waals surface area contributed by atoms with Gasteiger partial charge in [-0.2, -0.15) is 17.5 Å². The Balaban J connectivity index is 1.08. The van der Waals surface area contributed by atoms with Crippen LogP contribution in [0, 0.1) is 0 Å². The van der Waals surface area contributed by atoms with Gasteiger partial charge >= 0.3 is 0 Å². The van der Waals surface area contributed by atoms with Crippen molar-refractivity contribution in [3.05, 3.63) is 49.1 Å². The van der Waals surface area contributed by atoms with Crippen LogP contribution in [0.5, 0.6) is 0 Å². The van der Waals surface area contributed by atoms with Crippen LogP contribution >= 0.6 is 47.0 Å². The minimum atomic E-state index is 1.02. The van der Waals surface area contributed by atoms with Gasteiger partial charge < -0.3 is 0 Å². The normalized spacial score (nSPS) is 11.2. The van der Waals surface area contributed by atoms with Crippen LogP contribution in [0.4, 0.5) is 0 Å². The summed E-state index contributed by atoms with van der Waals surface area (Å²) in [5, 5.41) is 2.13. The molecule has 4 aromatic heterocycles. The number of rotatable bonds is 13. The average molecular weight is 531 g/mol. The van der Waals surface area contributed by atoms with Crippen LogP contribution < -0.4 is 9.13 Å². The number of hydrogen-bond acceptors (Lipinski definition) is 8. The Morgan fingerprint density at radius 1 is 0.647 bits per heavy atom. The van der Waals surface area contributed by atoms with Gasteiger partial charge in [-0.1, -0.05) is 25.7 Å². The number of aryl methyl sites for hydroxylation is 2. The van der Waals surface area contributed by atoms with Crippen LogP contribution in [0.1, 0.15) is 38.5 Å². The molecule has 0 saturated carbocycles. The molecule has 0 radical (unpaired) electrons. The summed E-state index contributed by atoms with van der Waals surface area (Å²) < 4.78 is 22.2. The van der Waals surface area contributed by atoms with Crippen LogP contribution in [0.3, 0.4) is 0 Å². The molecule has 6 nitrogen and oxygen atoms in total. The Labute approximate surface area is 218 Å². The molecule has 0 bridgehead atoms. The molecule has 0 spiro atoms. The Bertz CT molecular complexity index is 1080. The largest absolute Gasteiger partial charge is 0.207 e. The summed E-state index contributed by atoms with van der Waals surface area (Å²) in [6, 6.07) is 8.31. The van der Waals surface area contributed by atoms with Crippen molar-refractivity contribution in [3.8, 4) is 22.5 Å². The second-order valence-electron chi connectivity index (χ2n) is 8.17. The molecule has 4 aromatic rings. The minimum absolute atomic E-state index is 1.02. The molecule has 34 heavy (non-hydrogen) atoms. The second-order valence-corrected chi connectivity index (χ2v) is 11.4. The van der Waals surface area contributed by atoms with Gasteiger partial charge in [0, 0.05) is 12.1 Å². The summed E-state index contributed by atoms with van der Waals surface area (Å²) in [6.45, 7) is 0. The van der Waals surface area contributed by atoms with E-state index >= 15 is 0 Å². The topological polar surface area (TPSA) is 59.3 Å². The van der Waals surface area contributed by atoms with Gasteiger partial charge in [0.15, 0.2) is 24.8 Å². The van der Waals surface area contributed by atoms with Gasteiger partial charge in [-0.15, -0.1) is 23.5 Å². The van der Waals surface area contributed by atoms with Crippen molar-refractivity contribution in [3.63, 3.8) is 0 Å². The van der Waals surface area contributed by atoms with Crippen LogP contribution in [-0.2, 0) is 14.1 Å². The highest BCUT2D eigenvalue weighted by Crippen LogP contribution is 2.31. The minimum Gasteiger partial charge on any atom is -0.207 e. The maximum Gasteiger partial charge on any atom is 0.178 e. The highest BCUT2D eigenvalue weighted by molar-refractivity contribution is 7.99. The first kappa shape index (κ1) is 25.2. The lowest BCUT2D eigenvalue weighted by atomic mass is 10.1. The Morgan fingerprint density at radius 3 is 1.53 bits per heavy atom. The monoisotopic (exact) mass is 530 g/mol. The number of aromatic nitrogens is 6. The summed E-state index contributed by atoms with van der Waals surface area (Å²) in [6.07, 6.45) is 15.9. The molecule has 0 aliphatic rings. The van der Waals surface area contributed by atoms with Crippen LogP contribution in [0.2, 0.25) is 0 Å². The summed E-state index contributed by atoms with van der Waals surface area (Å²) in [5.41, 5.74) is 4.31. The van der Waals surface area contributed by atoms with Crippen LogP contribution in [0.15, 0.2) is 59.1 Å². The molecule has 0 aliphatic carbocycles. The van der Waals surface area contributed by atoms with Crippen molar-refractivity contribution in [2.45, 2.75) is 48.6 Å². The average Bonchev–Trinajstić information content (AvgIpc) is 3.50. The van der Waals surface area contributed by atoms with Gasteiger partial charge in [-0.25, -0.2) is 9.13 Å². The lowest BCUT2D eigenvalue weighted by Gasteiger charge is -2.03. The van der Waals surface area contributed by atoms with Gasteiger partial charge in [0.05, 0.1) is 34.6 Å². The van der Waals surface area contributed by atoms with E-state index in [0.29, 0.717) is 0 Å². The van der Waals surface area contributed by atoms with E-state index in [2.05, 4.69) is 63.3 Å². The molecule has 0 atom stereocenters. The standard InChI is InChI=1S/C24H30N6S4/c1-29-13-9-11-19(17-29)21-23(27-33-25-21)31-15-7-5-3-4-6-8-16-32-24-22(26-34-28-24)20-12-10-14-30(2)18-20/h9-14,17-18H,3-8,15-16H2,1-2H3/q+2. The smallest absolute Gasteiger partial charge is 0.178 e. The zero-order valence-electron chi connectivity index (χ0n) is 19.6. The van der Waals surface area contributed by atoms with E-state index < -0.39 is 0 Å². The number of unbranched alkanes of at least 4 members (excludes halogenated alkanes) is 5. The molecule has 10 heteroatoms. The molecule has 178 valence electrons. The molecule has 0 aliphatic heterocycles. The fourth-order valence-electron chi connectivity index (χ4n) is 3.61.